The van der Waals surface area contributed by atoms with E-state index in [4.69, 9.17) is 4.99 Å². The highest BCUT2D eigenvalue weighted by Crippen LogP contribution is 2.36. The Hall–Kier alpha value is -0.180. The molecule has 1 saturated carbocycles. The Morgan fingerprint density at radius 3 is 2.71 bits per heavy atom. The summed E-state index contributed by atoms with van der Waals surface area (Å²) >= 11 is 1.92. The van der Waals surface area contributed by atoms with Gasteiger partial charge < -0.3 is 5.32 Å². The first kappa shape index (κ1) is 13.3. The van der Waals surface area contributed by atoms with Crippen molar-refractivity contribution in [3.63, 3.8) is 0 Å². The summed E-state index contributed by atoms with van der Waals surface area (Å²) in [7, 11) is 0. The lowest BCUT2D eigenvalue weighted by Crippen LogP contribution is -2.38. The van der Waals surface area contributed by atoms with Crippen molar-refractivity contribution in [2.45, 2.75) is 65.0 Å². The van der Waals surface area contributed by atoms with E-state index >= 15 is 0 Å². The first-order valence-electron chi connectivity index (χ1n) is 7.21. The second kappa shape index (κ2) is 6.12. The number of nitrogens with one attached hydrogen (secondary N) is 1. The van der Waals surface area contributed by atoms with Crippen molar-refractivity contribution in [3.05, 3.63) is 0 Å². The van der Waals surface area contributed by atoms with Gasteiger partial charge in [-0.05, 0) is 37.5 Å². The second-order valence-electron chi connectivity index (χ2n) is 5.49. The van der Waals surface area contributed by atoms with Crippen molar-refractivity contribution in [3.8, 4) is 0 Å². The lowest BCUT2D eigenvalue weighted by atomic mass is 9.94. The Bertz CT molecular complexity index is 277. The maximum absolute atomic E-state index is 4.98. The summed E-state index contributed by atoms with van der Waals surface area (Å²) in [5.74, 6) is 2.92. The Labute approximate surface area is 110 Å². The van der Waals surface area contributed by atoms with Gasteiger partial charge in [-0.25, -0.2) is 0 Å². The standard InChI is InChI=1S/C14H26N2S/c1-4-11-6-7-13(10(11)3)16-14-15-12(5-2)8-9-17-14/h10-13H,4-9H2,1-3H3,(H,15,16). The van der Waals surface area contributed by atoms with Crippen LogP contribution in [0.15, 0.2) is 4.99 Å². The topological polar surface area (TPSA) is 24.4 Å². The van der Waals surface area contributed by atoms with Gasteiger partial charge in [0.25, 0.3) is 0 Å². The number of rotatable bonds is 3. The summed E-state index contributed by atoms with van der Waals surface area (Å²) < 4.78 is 0. The molecule has 17 heavy (non-hydrogen) atoms. The molecule has 3 heteroatoms. The maximum atomic E-state index is 4.98. The number of aliphatic imine (C=N–C) groups is 1. The van der Waals surface area contributed by atoms with Crippen molar-refractivity contribution >= 4 is 16.9 Å². The highest BCUT2D eigenvalue weighted by atomic mass is 32.2. The van der Waals surface area contributed by atoms with Crippen LogP contribution in [0.3, 0.4) is 0 Å². The summed E-state index contributed by atoms with van der Waals surface area (Å²) in [6.07, 6.45) is 6.50. The fraction of sp³-hybridized carbons (Fsp3) is 0.929. The van der Waals surface area contributed by atoms with Gasteiger partial charge in [0.15, 0.2) is 5.17 Å². The third-order valence-electron chi connectivity index (χ3n) is 4.52. The zero-order valence-corrected chi connectivity index (χ0v) is 12.2. The molecule has 1 aliphatic heterocycles. The maximum Gasteiger partial charge on any atom is 0.157 e. The average Bonchev–Trinajstić information content (AvgIpc) is 2.71. The van der Waals surface area contributed by atoms with E-state index < -0.39 is 0 Å². The number of thioether (sulfide) groups is 1. The predicted molar refractivity (Wildman–Crippen MR) is 77.7 cm³/mol. The van der Waals surface area contributed by atoms with Gasteiger partial charge in [0.05, 0.1) is 6.04 Å². The average molecular weight is 254 g/mol. The molecular weight excluding hydrogens is 228 g/mol. The molecule has 0 radical (unpaired) electrons. The molecule has 2 aliphatic rings. The summed E-state index contributed by atoms with van der Waals surface area (Å²) in [6, 6.07) is 1.24. The van der Waals surface area contributed by atoms with Crippen LogP contribution in [0.1, 0.15) is 52.9 Å². The fourth-order valence-corrected chi connectivity index (χ4v) is 4.16. The van der Waals surface area contributed by atoms with Crippen molar-refractivity contribution < 1.29 is 0 Å². The molecule has 0 spiro atoms. The molecule has 0 aromatic carbocycles. The molecule has 2 fully saturated rings. The first-order valence-corrected chi connectivity index (χ1v) is 8.20. The van der Waals surface area contributed by atoms with Gasteiger partial charge in [-0.1, -0.05) is 39.0 Å². The third-order valence-corrected chi connectivity index (χ3v) is 5.45. The van der Waals surface area contributed by atoms with Crippen molar-refractivity contribution in [1.82, 2.24) is 5.32 Å². The number of hydrogen-bond donors (Lipinski definition) is 1. The summed E-state index contributed by atoms with van der Waals surface area (Å²) in [5.41, 5.74) is 0. The monoisotopic (exact) mass is 254 g/mol. The van der Waals surface area contributed by atoms with Crippen LogP contribution < -0.4 is 5.32 Å². The first-order chi connectivity index (χ1) is 8.24. The van der Waals surface area contributed by atoms with Crippen LogP contribution in [0, 0.1) is 11.8 Å². The Kier molecular flexibility index (Phi) is 4.78. The molecule has 2 rings (SSSR count). The van der Waals surface area contributed by atoms with Gasteiger partial charge in [0.2, 0.25) is 0 Å². The predicted octanol–water partition coefficient (Wildman–Crippen LogP) is 3.67. The SMILES string of the molecule is CCC1CCSC(=NC2CCC(CC)C2C)N1. The minimum absolute atomic E-state index is 0.575. The zero-order chi connectivity index (χ0) is 12.3. The van der Waals surface area contributed by atoms with Crippen LogP contribution in [0.25, 0.3) is 0 Å². The molecule has 0 bridgehead atoms. The second-order valence-corrected chi connectivity index (χ2v) is 6.58. The van der Waals surface area contributed by atoms with E-state index in [1.54, 1.807) is 0 Å². The van der Waals surface area contributed by atoms with E-state index in [1.165, 1.54) is 43.0 Å². The molecule has 1 heterocycles. The minimum Gasteiger partial charge on any atom is -0.362 e. The van der Waals surface area contributed by atoms with Crippen molar-refractivity contribution in [1.29, 1.82) is 0 Å². The summed E-state index contributed by atoms with van der Waals surface area (Å²) in [5, 5.41) is 4.82. The van der Waals surface area contributed by atoms with E-state index in [-0.39, 0.29) is 0 Å². The largest absolute Gasteiger partial charge is 0.362 e. The molecule has 0 aromatic rings. The van der Waals surface area contributed by atoms with Crippen LogP contribution >= 0.6 is 11.8 Å². The molecule has 1 aliphatic carbocycles. The lowest BCUT2D eigenvalue weighted by molar-refractivity contribution is 0.383. The number of amidine groups is 1. The molecule has 0 aromatic heterocycles. The van der Waals surface area contributed by atoms with Crippen LogP contribution in [0.2, 0.25) is 0 Å². The van der Waals surface area contributed by atoms with Crippen LogP contribution in [-0.4, -0.2) is 23.0 Å². The van der Waals surface area contributed by atoms with Gasteiger partial charge in [0.1, 0.15) is 0 Å². The molecule has 1 saturated heterocycles. The molecule has 4 atom stereocenters. The Morgan fingerprint density at radius 2 is 2.06 bits per heavy atom. The third kappa shape index (κ3) is 3.18. The van der Waals surface area contributed by atoms with Gasteiger partial charge in [0, 0.05) is 11.8 Å². The molecule has 1 N–H and O–H groups in total. The molecule has 2 nitrogen and oxygen atoms in total. The number of nitrogens with zero attached hydrogens (tertiary/aromatic N) is 1. The van der Waals surface area contributed by atoms with Gasteiger partial charge in [-0.15, -0.1) is 0 Å². The van der Waals surface area contributed by atoms with Crippen LogP contribution in [0.5, 0.6) is 0 Å². The molecule has 0 amide bonds. The quantitative estimate of drug-likeness (QED) is 0.831. The molecule has 4 unspecified atom stereocenters. The summed E-state index contributed by atoms with van der Waals surface area (Å²) in [4.78, 5) is 4.98. The van der Waals surface area contributed by atoms with E-state index in [0.29, 0.717) is 12.1 Å². The van der Waals surface area contributed by atoms with E-state index in [0.717, 1.165) is 11.8 Å². The Balaban J connectivity index is 1.95. The van der Waals surface area contributed by atoms with Gasteiger partial charge >= 0.3 is 0 Å². The Morgan fingerprint density at radius 1 is 1.24 bits per heavy atom. The number of hydrogen-bond acceptors (Lipinski definition) is 2. The van der Waals surface area contributed by atoms with E-state index in [2.05, 4.69) is 26.1 Å². The summed E-state index contributed by atoms with van der Waals surface area (Å²) in [6.45, 7) is 6.97. The molecular formula is C14H26N2S. The van der Waals surface area contributed by atoms with Crippen molar-refractivity contribution in [2.75, 3.05) is 5.75 Å². The van der Waals surface area contributed by atoms with Crippen LogP contribution in [0.4, 0.5) is 0 Å². The zero-order valence-electron chi connectivity index (χ0n) is 11.4. The molecule has 98 valence electrons. The fourth-order valence-electron chi connectivity index (χ4n) is 3.10. The van der Waals surface area contributed by atoms with E-state index in [1.807, 2.05) is 11.8 Å². The smallest absolute Gasteiger partial charge is 0.157 e. The highest BCUT2D eigenvalue weighted by Gasteiger charge is 2.32. The highest BCUT2D eigenvalue weighted by molar-refractivity contribution is 8.13. The van der Waals surface area contributed by atoms with Crippen LogP contribution in [-0.2, 0) is 0 Å². The van der Waals surface area contributed by atoms with E-state index in [9.17, 15) is 0 Å². The van der Waals surface area contributed by atoms with Gasteiger partial charge in [-0.3, -0.25) is 4.99 Å². The van der Waals surface area contributed by atoms with Crippen molar-refractivity contribution in [2.24, 2.45) is 16.8 Å². The lowest BCUT2D eigenvalue weighted by Gasteiger charge is -2.26. The minimum atomic E-state index is 0.575. The van der Waals surface area contributed by atoms with Gasteiger partial charge in [-0.2, -0.15) is 0 Å². The normalized spacial score (nSPS) is 40.5.